The smallest absolute Gasteiger partial charge is 0.289 e. The number of nitrogens with zero attached hydrogens (tertiary/aromatic N) is 2. The number of furan rings is 1. The zero-order chi connectivity index (χ0) is 25.1. The number of carbonyl (C=O) groups is 3. The Bertz CT molecular complexity index is 1220. The fourth-order valence-electron chi connectivity index (χ4n) is 4.81. The van der Waals surface area contributed by atoms with Crippen LogP contribution in [0.1, 0.15) is 39.3 Å². The Hall–Kier alpha value is -3.98. The standard InChI is InChI=1S/C27H26FN3O5/c28-21-10-8-19(9-11-21)17-29-24(32)22-18-36-27(31(22)25(33)20-5-2-1-3-6-20)12-14-30(15-13-27)26(34)23-7-4-16-35-23/h1-11,16,22H,12-15,17-18H2,(H,29,32). The summed E-state index contributed by atoms with van der Waals surface area (Å²) in [5, 5.41) is 2.85. The van der Waals surface area contributed by atoms with Gasteiger partial charge in [0, 0.05) is 38.0 Å². The lowest BCUT2D eigenvalue weighted by atomic mass is 9.96. The maximum atomic E-state index is 13.7. The van der Waals surface area contributed by atoms with Crippen molar-refractivity contribution < 1.29 is 27.9 Å². The number of amides is 3. The van der Waals surface area contributed by atoms with Gasteiger partial charge in [0.05, 0.1) is 12.9 Å². The fourth-order valence-corrected chi connectivity index (χ4v) is 4.81. The molecule has 3 heterocycles. The van der Waals surface area contributed by atoms with Crippen molar-refractivity contribution in [2.75, 3.05) is 19.7 Å². The molecule has 1 aromatic heterocycles. The van der Waals surface area contributed by atoms with Crippen LogP contribution in [0.2, 0.25) is 0 Å². The Kier molecular flexibility index (Phi) is 6.56. The highest BCUT2D eigenvalue weighted by molar-refractivity contribution is 5.98. The number of nitrogens with one attached hydrogen (secondary N) is 1. The second-order valence-electron chi connectivity index (χ2n) is 8.93. The van der Waals surface area contributed by atoms with Crippen molar-refractivity contribution >= 4 is 17.7 Å². The Morgan fingerprint density at radius 1 is 0.944 bits per heavy atom. The zero-order valence-corrected chi connectivity index (χ0v) is 19.6. The average Bonchev–Trinajstić information content (AvgIpc) is 3.57. The highest BCUT2D eigenvalue weighted by atomic mass is 19.1. The predicted molar refractivity (Wildman–Crippen MR) is 127 cm³/mol. The molecule has 0 bridgehead atoms. The van der Waals surface area contributed by atoms with Crippen LogP contribution in [-0.4, -0.2) is 59.0 Å². The molecule has 36 heavy (non-hydrogen) atoms. The van der Waals surface area contributed by atoms with Gasteiger partial charge in [0.25, 0.3) is 11.8 Å². The van der Waals surface area contributed by atoms with Gasteiger partial charge in [-0.3, -0.25) is 19.3 Å². The lowest BCUT2D eigenvalue weighted by Gasteiger charge is -2.44. The highest BCUT2D eigenvalue weighted by Gasteiger charge is 2.54. The first kappa shape index (κ1) is 23.7. The van der Waals surface area contributed by atoms with Gasteiger partial charge in [-0.05, 0) is 42.0 Å². The van der Waals surface area contributed by atoms with Gasteiger partial charge >= 0.3 is 0 Å². The van der Waals surface area contributed by atoms with Gasteiger partial charge in [-0.2, -0.15) is 0 Å². The van der Waals surface area contributed by atoms with Crippen LogP contribution < -0.4 is 5.32 Å². The minimum atomic E-state index is -1.01. The normalized spacial score (nSPS) is 18.9. The monoisotopic (exact) mass is 491 g/mol. The maximum Gasteiger partial charge on any atom is 0.289 e. The molecule has 3 amide bonds. The molecule has 3 aromatic rings. The Morgan fingerprint density at radius 2 is 1.67 bits per heavy atom. The summed E-state index contributed by atoms with van der Waals surface area (Å²) in [6, 6.07) is 17.1. The van der Waals surface area contributed by atoms with Crippen LogP contribution in [0.25, 0.3) is 0 Å². The van der Waals surface area contributed by atoms with Crippen LogP contribution in [0.5, 0.6) is 0 Å². The van der Waals surface area contributed by atoms with Gasteiger partial charge in [-0.15, -0.1) is 0 Å². The van der Waals surface area contributed by atoms with Crippen molar-refractivity contribution in [3.8, 4) is 0 Å². The van der Waals surface area contributed by atoms with Crippen LogP contribution in [0.4, 0.5) is 4.39 Å². The van der Waals surface area contributed by atoms with E-state index in [9.17, 15) is 18.8 Å². The first-order valence-electron chi connectivity index (χ1n) is 11.8. The van der Waals surface area contributed by atoms with Crippen LogP contribution in [0, 0.1) is 5.82 Å². The number of piperidine rings is 1. The third kappa shape index (κ3) is 4.61. The Balaban J connectivity index is 1.35. The number of hydrogen-bond donors (Lipinski definition) is 1. The molecule has 1 atom stereocenters. The summed E-state index contributed by atoms with van der Waals surface area (Å²) in [4.78, 5) is 42.9. The molecule has 0 aliphatic carbocycles. The van der Waals surface area contributed by atoms with E-state index in [2.05, 4.69) is 5.32 Å². The van der Waals surface area contributed by atoms with Crippen molar-refractivity contribution in [3.63, 3.8) is 0 Å². The summed E-state index contributed by atoms with van der Waals surface area (Å²) in [5.41, 5.74) is 0.182. The van der Waals surface area contributed by atoms with E-state index in [1.165, 1.54) is 23.3 Å². The number of likely N-dealkylation sites (tertiary alicyclic amines) is 1. The zero-order valence-electron chi connectivity index (χ0n) is 19.6. The molecule has 8 nitrogen and oxygen atoms in total. The lowest BCUT2D eigenvalue weighted by molar-refractivity contribution is -0.128. The van der Waals surface area contributed by atoms with Crippen LogP contribution in [0.15, 0.2) is 77.4 Å². The van der Waals surface area contributed by atoms with E-state index >= 15 is 0 Å². The number of rotatable bonds is 5. The summed E-state index contributed by atoms with van der Waals surface area (Å²) in [7, 11) is 0. The van der Waals surface area contributed by atoms with E-state index in [1.54, 1.807) is 53.4 Å². The SMILES string of the molecule is O=C(NCc1ccc(F)cc1)C1COC2(CCN(C(=O)c3ccco3)CC2)N1C(=O)c1ccccc1. The molecule has 2 aliphatic rings. The molecule has 1 spiro atoms. The lowest BCUT2D eigenvalue weighted by Crippen LogP contribution is -2.59. The van der Waals surface area contributed by atoms with E-state index in [0.717, 1.165) is 5.56 Å². The third-order valence-electron chi connectivity index (χ3n) is 6.75. The number of benzene rings is 2. The molecule has 2 aromatic carbocycles. The van der Waals surface area contributed by atoms with E-state index in [-0.39, 0.29) is 42.5 Å². The summed E-state index contributed by atoms with van der Waals surface area (Å²) in [6.45, 7) is 0.936. The molecule has 2 saturated heterocycles. The first-order valence-corrected chi connectivity index (χ1v) is 11.8. The first-order chi connectivity index (χ1) is 17.5. The molecule has 2 fully saturated rings. The Labute approximate surface area is 207 Å². The fraction of sp³-hybridized carbons (Fsp3) is 0.296. The number of hydrogen-bond acceptors (Lipinski definition) is 5. The molecule has 9 heteroatoms. The van der Waals surface area contributed by atoms with Crippen molar-refractivity contribution in [1.82, 2.24) is 15.1 Å². The number of carbonyl (C=O) groups excluding carboxylic acids is 3. The summed E-state index contributed by atoms with van der Waals surface area (Å²) >= 11 is 0. The molecule has 1 unspecified atom stereocenters. The van der Waals surface area contributed by atoms with Crippen molar-refractivity contribution in [3.05, 3.63) is 95.7 Å². The number of ether oxygens (including phenoxy) is 1. The average molecular weight is 492 g/mol. The largest absolute Gasteiger partial charge is 0.459 e. The van der Waals surface area contributed by atoms with Gasteiger partial charge in [0.2, 0.25) is 5.91 Å². The van der Waals surface area contributed by atoms with Crippen LogP contribution in [-0.2, 0) is 16.1 Å². The van der Waals surface area contributed by atoms with Gasteiger partial charge < -0.3 is 19.4 Å². The number of halogens is 1. The molecule has 0 saturated carbocycles. The van der Waals surface area contributed by atoms with E-state index in [1.807, 2.05) is 6.07 Å². The van der Waals surface area contributed by atoms with Gasteiger partial charge in [-0.1, -0.05) is 30.3 Å². The summed E-state index contributed by atoms with van der Waals surface area (Å²) in [6.07, 6.45) is 2.17. The van der Waals surface area contributed by atoms with Crippen molar-refractivity contribution in [2.24, 2.45) is 0 Å². The predicted octanol–water partition coefficient (Wildman–Crippen LogP) is 3.21. The maximum absolute atomic E-state index is 13.7. The molecule has 1 N–H and O–H groups in total. The summed E-state index contributed by atoms with van der Waals surface area (Å²) in [5.74, 6) is -0.973. The second-order valence-corrected chi connectivity index (χ2v) is 8.93. The minimum Gasteiger partial charge on any atom is -0.459 e. The molecular formula is C27H26FN3O5. The highest BCUT2D eigenvalue weighted by Crippen LogP contribution is 2.38. The van der Waals surface area contributed by atoms with Gasteiger partial charge in [-0.25, -0.2) is 4.39 Å². The summed E-state index contributed by atoms with van der Waals surface area (Å²) < 4.78 is 24.6. The van der Waals surface area contributed by atoms with Crippen LogP contribution in [0.3, 0.4) is 0 Å². The second kappa shape index (κ2) is 9.94. The minimum absolute atomic E-state index is 0.0416. The molecule has 2 aliphatic heterocycles. The van der Waals surface area contributed by atoms with Gasteiger partial charge in [0.15, 0.2) is 5.76 Å². The topological polar surface area (TPSA) is 92.1 Å². The van der Waals surface area contributed by atoms with E-state index < -0.39 is 11.8 Å². The van der Waals surface area contributed by atoms with Crippen LogP contribution >= 0.6 is 0 Å². The molecule has 5 rings (SSSR count). The Morgan fingerprint density at radius 3 is 2.33 bits per heavy atom. The van der Waals surface area contributed by atoms with E-state index in [0.29, 0.717) is 31.5 Å². The quantitative estimate of drug-likeness (QED) is 0.592. The molecule has 186 valence electrons. The third-order valence-corrected chi connectivity index (χ3v) is 6.75. The molecule has 0 radical (unpaired) electrons. The van der Waals surface area contributed by atoms with Gasteiger partial charge in [0.1, 0.15) is 17.6 Å². The van der Waals surface area contributed by atoms with E-state index in [4.69, 9.17) is 9.15 Å². The molecular weight excluding hydrogens is 465 g/mol. The van der Waals surface area contributed by atoms with Crippen molar-refractivity contribution in [2.45, 2.75) is 31.2 Å². The van der Waals surface area contributed by atoms with Crippen molar-refractivity contribution in [1.29, 1.82) is 0 Å².